The number of aliphatic hydroxyl groups is 1. The summed E-state index contributed by atoms with van der Waals surface area (Å²) < 4.78 is 5.25. The van der Waals surface area contributed by atoms with Crippen LogP contribution >= 0.6 is 0 Å². The molecule has 0 saturated heterocycles. The van der Waals surface area contributed by atoms with Crippen LogP contribution in [0.4, 0.5) is 0 Å². The van der Waals surface area contributed by atoms with Gasteiger partial charge < -0.3 is 15.2 Å². The molecule has 4 nitrogen and oxygen atoms in total. The lowest BCUT2D eigenvalue weighted by Crippen LogP contribution is -2.26. The van der Waals surface area contributed by atoms with Crippen LogP contribution in [0, 0.1) is 18.8 Å². The van der Waals surface area contributed by atoms with Crippen LogP contribution in [0.3, 0.4) is 0 Å². The Morgan fingerprint density at radius 3 is 2.89 bits per heavy atom. The third kappa shape index (κ3) is 3.91. The summed E-state index contributed by atoms with van der Waals surface area (Å²) in [6, 6.07) is 3.90. The first-order chi connectivity index (χ1) is 9.22. The van der Waals surface area contributed by atoms with E-state index in [0.717, 1.165) is 30.2 Å². The van der Waals surface area contributed by atoms with Gasteiger partial charge in [-0.3, -0.25) is 4.98 Å². The zero-order valence-electron chi connectivity index (χ0n) is 11.9. The Kier molecular flexibility index (Phi) is 5.16. The molecule has 0 aliphatic heterocycles. The van der Waals surface area contributed by atoms with Gasteiger partial charge in [-0.15, -0.1) is 0 Å². The minimum Gasteiger partial charge on any atom is -0.497 e. The van der Waals surface area contributed by atoms with Crippen LogP contribution in [0.15, 0.2) is 12.1 Å². The molecule has 1 heterocycles. The molecule has 1 aliphatic rings. The highest BCUT2D eigenvalue weighted by molar-refractivity contribution is 5.26. The number of aliphatic hydroxyl groups excluding tert-OH is 1. The molecular formula is C15H24N2O2. The lowest BCUT2D eigenvalue weighted by atomic mass is 9.97. The van der Waals surface area contributed by atoms with Gasteiger partial charge in [-0.25, -0.2) is 0 Å². The predicted molar refractivity (Wildman–Crippen MR) is 75.1 cm³/mol. The summed E-state index contributed by atoms with van der Waals surface area (Å²) in [6.07, 6.45) is 3.64. The zero-order valence-corrected chi connectivity index (χ0v) is 11.9. The van der Waals surface area contributed by atoms with E-state index in [1.54, 1.807) is 7.11 Å². The number of nitrogens with zero attached hydrogens (tertiary/aromatic N) is 1. The van der Waals surface area contributed by atoms with Gasteiger partial charge in [0.1, 0.15) is 5.75 Å². The van der Waals surface area contributed by atoms with Crippen LogP contribution in [-0.4, -0.2) is 30.4 Å². The number of ether oxygens (including phenoxy) is 1. The number of nitrogens with one attached hydrogen (secondary N) is 1. The molecule has 1 aromatic rings. The van der Waals surface area contributed by atoms with Crippen molar-refractivity contribution in [1.29, 1.82) is 0 Å². The van der Waals surface area contributed by atoms with Gasteiger partial charge in [0, 0.05) is 31.0 Å². The van der Waals surface area contributed by atoms with Gasteiger partial charge in [0.15, 0.2) is 0 Å². The SMILES string of the molecule is COc1cc(C)nc(CNCC2CCCC2CO)c1. The molecule has 0 radical (unpaired) electrons. The number of methoxy groups -OCH3 is 1. The summed E-state index contributed by atoms with van der Waals surface area (Å²) in [5.41, 5.74) is 1.99. The van der Waals surface area contributed by atoms with Gasteiger partial charge in [0.05, 0.1) is 12.8 Å². The van der Waals surface area contributed by atoms with Crippen molar-refractivity contribution in [2.24, 2.45) is 11.8 Å². The van der Waals surface area contributed by atoms with Crippen molar-refractivity contribution in [1.82, 2.24) is 10.3 Å². The fraction of sp³-hybridized carbons (Fsp3) is 0.667. The molecule has 0 spiro atoms. The maximum atomic E-state index is 9.30. The third-order valence-corrected chi connectivity index (χ3v) is 3.98. The Balaban J connectivity index is 1.83. The first kappa shape index (κ1) is 14.3. The van der Waals surface area contributed by atoms with E-state index in [0.29, 0.717) is 18.4 Å². The van der Waals surface area contributed by atoms with E-state index in [1.165, 1.54) is 19.3 Å². The van der Waals surface area contributed by atoms with Crippen LogP contribution < -0.4 is 10.1 Å². The van der Waals surface area contributed by atoms with E-state index in [-0.39, 0.29) is 0 Å². The molecule has 0 bridgehead atoms. The maximum Gasteiger partial charge on any atom is 0.122 e. The Bertz CT molecular complexity index is 409. The van der Waals surface area contributed by atoms with Gasteiger partial charge in [0.25, 0.3) is 0 Å². The van der Waals surface area contributed by atoms with Gasteiger partial charge in [-0.2, -0.15) is 0 Å². The summed E-state index contributed by atoms with van der Waals surface area (Å²) in [5.74, 6) is 1.95. The highest BCUT2D eigenvalue weighted by Crippen LogP contribution is 2.30. The quantitative estimate of drug-likeness (QED) is 0.824. The predicted octanol–water partition coefficient (Wildman–Crippen LogP) is 1.90. The van der Waals surface area contributed by atoms with Crippen molar-refractivity contribution >= 4 is 0 Å². The molecular weight excluding hydrogens is 240 g/mol. The smallest absolute Gasteiger partial charge is 0.122 e. The largest absolute Gasteiger partial charge is 0.497 e. The number of hydrogen-bond donors (Lipinski definition) is 2. The molecule has 2 rings (SSSR count). The van der Waals surface area contributed by atoms with Crippen molar-refractivity contribution in [3.05, 3.63) is 23.5 Å². The average molecular weight is 264 g/mol. The third-order valence-electron chi connectivity index (χ3n) is 3.98. The summed E-state index contributed by atoms with van der Waals surface area (Å²) in [6.45, 7) is 4.02. The molecule has 2 atom stereocenters. The number of aromatic nitrogens is 1. The molecule has 1 aliphatic carbocycles. The van der Waals surface area contributed by atoms with E-state index < -0.39 is 0 Å². The summed E-state index contributed by atoms with van der Waals surface area (Å²) in [5, 5.41) is 12.8. The van der Waals surface area contributed by atoms with E-state index in [1.807, 2.05) is 19.1 Å². The molecule has 1 aromatic heterocycles. The highest BCUT2D eigenvalue weighted by Gasteiger charge is 2.25. The van der Waals surface area contributed by atoms with Crippen molar-refractivity contribution in [2.45, 2.75) is 32.7 Å². The number of rotatable bonds is 6. The van der Waals surface area contributed by atoms with Gasteiger partial charge in [0.2, 0.25) is 0 Å². The van der Waals surface area contributed by atoms with Crippen LogP contribution in [0.25, 0.3) is 0 Å². The van der Waals surface area contributed by atoms with Crippen molar-refractivity contribution in [2.75, 3.05) is 20.3 Å². The average Bonchev–Trinajstić information content (AvgIpc) is 2.85. The highest BCUT2D eigenvalue weighted by atomic mass is 16.5. The van der Waals surface area contributed by atoms with Crippen LogP contribution in [-0.2, 0) is 6.54 Å². The van der Waals surface area contributed by atoms with Crippen molar-refractivity contribution in [3.63, 3.8) is 0 Å². The van der Waals surface area contributed by atoms with E-state index >= 15 is 0 Å². The topological polar surface area (TPSA) is 54.4 Å². The van der Waals surface area contributed by atoms with Crippen molar-refractivity contribution < 1.29 is 9.84 Å². The Morgan fingerprint density at radius 1 is 1.37 bits per heavy atom. The first-order valence-electron chi connectivity index (χ1n) is 7.06. The van der Waals surface area contributed by atoms with Crippen LogP contribution in [0.5, 0.6) is 5.75 Å². The first-order valence-corrected chi connectivity index (χ1v) is 7.06. The number of pyridine rings is 1. The second-order valence-corrected chi connectivity index (χ2v) is 5.40. The molecule has 0 aromatic carbocycles. The van der Waals surface area contributed by atoms with Gasteiger partial charge >= 0.3 is 0 Å². The Hall–Kier alpha value is -1.13. The standard InChI is InChI=1S/C15H24N2O2/c1-11-6-15(19-2)7-14(17-11)9-16-8-12-4-3-5-13(12)10-18/h6-7,12-13,16,18H,3-5,8-10H2,1-2H3. The Morgan fingerprint density at radius 2 is 2.16 bits per heavy atom. The molecule has 106 valence electrons. The van der Waals surface area contributed by atoms with Gasteiger partial charge in [-0.1, -0.05) is 6.42 Å². The normalized spacial score (nSPS) is 22.7. The molecule has 2 N–H and O–H groups in total. The van der Waals surface area contributed by atoms with E-state index in [4.69, 9.17) is 4.74 Å². The van der Waals surface area contributed by atoms with Crippen LogP contribution in [0.1, 0.15) is 30.7 Å². The summed E-state index contributed by atoms with van der Waals surface area (Å²) in [4.78, 5) is 4.49. The summed E-state index contributed by atoms with van der Waals surface area (Å²) in [7, 11) is 1.68. The maximum absolute atomic E-state index is 9.30. The number of aryl methyl sites for hydroxylation is 1. The zero-order chi connectivity index (χ0) is 13.7. The second-order valence-electron chi connectivity index (χ2n) is 5.40. The molecule has 19 heavy (non-hydrogen) atoms. The number of hydrogen-bond acceptors (Lipinski definition) is 4. The minimum atomic E-state index is 0.322. The second kappa shape index (κ2) is 6.87. The monoisotopic (exact) mass is 264 g/mol. The van der Waals surface area contributed by atoms with Gasteiger partial charge in [-0.05, 0) is 38.1 Å². The van der Waals surface area contributed by atoms with Crippen molar-refractivity contribution in [3.8, 4) is 5.75 Å². The molecule has 4 heteroatoms. The van der Waals surface area contributed by atoms with Crippen LogP contribution in [0.2, 0.25) is 0 Å². The lowest BCUT2D eigenvalue weighted by Gasteiger charge is -2.17. The molecule has 1 saturated carbocycles. The van der Waals surface area contributed by atoms with E-state index in [9.17, 15) is 5.11 Å². The molecule has 2 unspecified atom stereocenters. The Labute approximate surface area is 115 Å². The fourth-order valence-corrected chi connectivity index (χ4v) is 2.92. The molecule has 1 fully saturated rings. The minimum absolute atomic E-state index is 0.322. The lowest BCUT2D eigenvalue weighted by molar-refractivity contribution is 0.192. The summed E-state index contributed by atoms with van der Waals surface area (Å²) >= 11 is 0. The van der Waals surface area contributed by atoms with E-state index in [2.05, 4.69) is 10.3 Å². The molecule has 0 amide bonds. The fourth-order valence-electron chi connectivity index (χ4n) is 2.92.